The number of hydrogen-bond acceptors (Lipinski definition) is 4. The van der Waals surface area contributed by atoms with Crippen molar-refractivity contribution >= 4 is 17.3 Å². The number of fused-ring (bicyclic) bond motifs is 1. The van der Waals surface area contributed by atoms with Gasteiger partial charge in [0.15, 0.2) is 0 Å². The first-order valence-corrected chi connectivity index (χ1v) is 7.42. The van der Waals surface area contributed by atoms with E-state index in [0.717, 1.165) is 30.8 Å². The van der Waals surface area contributed by atoms with Crippen molar-refractivity contribution < 1.29 is 9.53 Å². The molecule has 4 nitrogen and oxygen atoms in total. The number of carbonyl (C=O) groups is 1. The fourth-order valence-electron chi connectivity index (χ4n) is 2.76. The average molecular weight is 296 g/mol. The maximum absolute atomic E-state index is 11.4. The number of likely N-dealkylation sites (N-methyl/N-ethyl adjacent to an activating group) is 1. The van der Waals surface area contributed by atoms with Crippen LogP contribution in [0.25, 0.3) is 0 Å². The molecule has 0 unspecified atom stereocenters. The summed E-state index contributed by atoms with van der Waals surface area (Å²) in [6.07, 6.45) is 1.11. The summed E-state index contributed by atoms with van der Waals surface area (Å²) >= 11 is 0. The number of methoxy groups -OCH3 is 1. The lowest BCUT2D eigenvalue weighted by Gasteiger charge is -2.13. The number of nitrogens with zero attached hydrogens (tertiary/aromatic N) is 1. The fraction of sp³-hybridized carbons (Fsp3) is 0.278. The van der Waals surface area contributed by atoms with Crippen LogP contribution in [-0.2, 0) is 17.7 Å². The van der Waals surface area contributed by atoms with E-state index in [4.69, 9.17) is 4.74 Å². The van der Waals surface area contributed by atoms with Gasteiger partial charge in [-0.25, -0.2) is 4.79 Å². The Morgan fingerprint density at radius 1 is 1.23 bits per heavy atom. The first kappa shape index (κ1) is 14.4. The van der Waals surface area contributed by atoms with E-state index in [1.54, 1.807) is 12.1 Å². The zero-order chi connectivity index (χ0) is 15.5. The van der Waals surface area contributed by atoms with Crippen molar-refractivity contribution in [3.63, 3.8) is 0 Å². The van der Waals surface area contributed by atoms with Crippen LogP contribution in [0.2, 0.25) is 0 Å². The van der Waals surface area contributed by atoms with Crippen molar-refractivity contribution in [2.45, 2.75) is 13.0 Å². The maximum Gasteiger partial charge on any atom is 0.337 e. The molecule has 1 aliphatic rings. The van der Waals surface area contributed by atoms with Gasteiger partial charge < -0.3 is 15.0 Å². The standard InChI is InChI=1S/C18H20N2O2/c1-20-10-9-15-11-16(7-8-17(15)20)19-12-13-3-5-14(6-4-13)18(21)22-2/h3-8,11,19H,9-10,12H2,1-2H3. The first-order valence-electron chi connectivity index (χ1n) is 7.42. The monoisotopic (exact) mass is 296 g/mol. The van der Waals surface area contributed by atoms with Crippen LogP contribution in [-0.4, -0.2) is 26.7 Å². The normalized spacial score (nSPS) is 12.9. The van der Waals surface area contributed by atoms with E-state index in [0.29, 0.717) is 5.56 Å². The third kappa shape index (κ3) is 2.91. The lowest BCUT2D eigenvalue weighted by Crippen LogP contribution is -2.12. The van der Waals surface area contributed by atoms with Gasteiger partial charge in [0.05, 0.1) is 12.7 Å². The second-order valence-corrected chi connectivity index (χ2v) is 5.56. The molecule has 0 saturated carbocycles. The Kier molecular flexibility index (Phi) is 4.00. The van der Waals surface area contributed by atoms with E-state index in [2.05, 4.69) is 35.5 Å². The molecule has 0 atom stereocenters. The van der Waals surface area contributed by atoms with Crippen molar-refractivity contribution in [1.82, 2.24) is 0 Å². The molecule has 1 N–H and O–H groups in total. The molecule has 1 aliphatic heterocycles. The highest BCUT2D eigenvalue weighted by Crippen LogP contribution is 2.29. The van der Waals surface area contributed by atoms with Gasteiger partial charge in [-0.15, -0.1) is 0 Å². The average Bonchev–Trinajstić information content (AvgIpc) is 2.93. The molecule has 22 heavy (non-hydrogen) atoms. The number of carbonyl (C=O) groups excluding carboxylic acids is 1. The molecular weight excluding hydrogens is 276 g/mol. The van der Waals surface area contributed by atoms with E-state index in [9.17, 15) is 4.79 Å². The minimum atomic E-state index is -0.303. The molecule has 0 amide bonds. The van der Waals surface area contributed by atoms with Crippen molar-refractivity contribution in [2.24, 2.45) is 0 Å². The van der Waals surface area contributed by atoms with Crippen LogP contribution in [0.4, 0.5) is 11.4 Å². The Bertz CT molecular complexity index is 680. The summed E-state index contributed by atoms with van der Waals surface area (Å²) in [5.74, 6) is -0.303. The van der Waals surface area contributed by atoms with E-state index >= 15 is 0 Å². The highest BCUT2D eigenvalue weighted by atomic mass is 16.5. The number of anilines is 2. The van der Waals surface area contributed by atoms with Gasteiger partial charge >= 0.3 is 5.97 Å². The molecule has 0 fully saturated rings. The number of hydrogen-bond donors (Lipinski definition) is 1. The summed E-state index contributed by atoms with van der Waals surface area (Å²) in [5, 5.41) is 3.43. The molecule has 3 rings (SSSR count). The van der Waals surface area contributed by atoms with Crippen LogP contribution >= 0.6 is 0 Å². The van der Waals surface area contributed by atoms with Gasteiger partial charge in [-0.1, -0.05) is 12.1 Å². The molecule has 2 aromatic carbocycles. The van der Waals surface area contributed by atoms with Crippen LogP contribution in [0.5, 0.6) is 0 Å². The topological polar surface area (TPSA) is 41.6 Å². The zero-order valence-corrected chi connectivity index (χ0v) is 12.9. The molecule has 0 aromatic heterocycles. The van der Waals surface area contributed by atoms with Gasteiger partial charge in [0.25, 0.3) is 0 Å². The molecule has 0 aliphatic carbocycles. The van der Waals surface area contributed by atoms with Crippen molar-refractivity contribution in [1.29, 1.82) is 0 Å². The van der Waals surface area contributed by atoms with Gasteiger partial charge in [-0.3, -0.25) is 0 Å². The summed E-state index contributed by atoms with van der Waals surface area (Å²) in [5.41, 5.74) is 5.56. The van der Waals surface area contributed by atoms with Gasteiger partial charge in [-0.2, -0.15) is 0 Å². The molecular formula is C18H20N2O2. The van der Waals surface area contributed by atoms with E-state index in [-0.39, 0.29) is 5.97 Å². The Labute approximate surface area is 130 Å². The Balaban J connectivity index is 1.64. The molecule has 0 saturated heterocycles. The summed E-state index contributed by atoms with van der Waals surface area (Å²) in [6.45, 7) is 1.82. The van der Waals surface area contributed by atoms with E-state index < -0.39 is 0 Å². The predicted molar refractivity (Wildman–Crippen MR) is 88.5 cm³/mol. The minimum absolute atomic E-state index is 0.303. The van der Waals surface area contributed by atoms with Crippen molar-refractivity contribution in [3.8, 4) is 0 Å². The third-order valence-corrected chi connectivity index (χ3v) is 4.08. The maximum atomic E-state index is 11.4. The second-order valence-electron chi connectivity index (χ2n) is 5.56. The van der Waals surface area contributed by atoms with Crippen molar-refractivity contribution in [3.05, 3.63) is 59.2 Å². The quantitative estimate of drug-likeness (QED) is 0.880. The zero-order valence-electron chi connectivity index (χ0n) is 12.9. The number of benzene rings is 2. The lowest BCUT2D eigenvalue weighted by molar-refractivity contribution is 0.0600. The summed E-state index contributed by atoms with van der Waals surface area (Å²) in [7, 11) is 3.52. The van der Waals surface area contributed by atoms with Crippen LogP contribution in [0.15, 0.2) is 42.5 Å². The molecule has 4 heteroatoms. The number of nitrogens with one attached hydrogen (secondary N) is 1. The Morgan fingerprint density at radius 2 is 2.00 bits per heavy atom. The largest absolute Gasteiger partial charge is 0.465 e. The van der Waals surface area contributed by atoms with Crippen LogP contribution in [0.1, 0.15) is 21.5 Å². The number of ether oxygens (including phenoxy) is 1. The van der Waals surface area contributed by atoms with Crippen molar-refractivity contribution in [2.75, 3.05) is 30.9 Å². The molecule has 0 radical (unpaired) electrons. The highest BCUT2D eigenvalue weighted by Gasteiger charge is 2.15. The van der Waals surface area contributed by atoms with Gasteiger partial charge in [0.2, 0.25) is 0 Å². The van der Waals surface area contributed by atoms with Crippen LogP contribution in [0.3, 0.4) is 0 Å². The van der Waals surface area contributed by atoms with Gasteiger partial charge in [-0.05, 0) is 47.9 Å². The number of esters is 1. The van der Waals surface area contributed by atoms with E-state index in [1.807, 2.05) is 12.1 Å². The number of rotatable bonds is 4. The summed E-state index contributed by atoms with van der Waals surface area (Å²) < 4.78 is 4.70. The van der Waals surface area contributed by atoms with E-state index in [1.165, 1.54) is 18.4 Å². The molecule has 0 bridgehead atoms. The van der Waals surface area contributed by atoms with Gasteiger partial charge in [0.1, 0.15) is 0 Å². The molecule has 1 heterocycles. The smallest absolute Gasteiger partial charge is 0.337 e. The highest BCUT2D eigenvalue weighted by molar-refractivity contribution is 5.89. The molecule has 0 spiro atoms. The fourth-order valence-corrected chi connectivity index (χ4v) is 2.76. The molecule has 2 aromatic rings. The Morgan fingerprint density at radius 3 is 2.73 bits per heavy atom. The van der Waals surface area contributed by atoms with Gasteiger partial charge in [0, 0.05) is 31.5 Å². The Hall–Kier alpha value is -2.49. The second kappa shape index (κ2) is 6.10. The summed E-state index contributed by atoms with van der Waals surface area (Å²) in [6, 6.07) is 14.0. The van der Waals surface area contributed by atoms with Crippen LogP contribution < -0.4 is 10.2 Å². The predicted octanol–water partition coefficient (Wildman–Crippen LogP) is 3.08. The minimum Gasteiger partial charge on any atom is -0.465 e. The first-order chi connectivity index (χ1) is 10.7. The third-order valence-electron chi connectivity index (χ3n) is 4.08. The lowest BCUT2D eigenvalue weighted by atomic mass is 10.1. The summed E-state index contributed by atoms with van der Waals surface area (Å²) in [4.78, 5) is 13.7. The SMILES string of the molecule is COC(=O)c1ccc(CNc2ccc3c(c2)CCN3C)cc1. The van der Waals surface area contributed by atoms with Crippen LogP contribution in [0, 0.1) is 0 Å². The molecule has 114 valence electrons.